The Kier molecular flexibility index (Phi) is 14.9. The Morgan fingerprint density at radius 2 is 1.16 bits per heavy atom. The molecule has 77 heavy (non-hydrogen) atoms. The van der Waals surface area contributed by atoms with Gasteiger partial charge in [0.2, 0.25) is 29.0 Å². The Hall–Kier alpha value is -8.11. The number of fused-ring (bicyclic) bond motifs is 2. The number of allylic oxidation sites excluding steroid dienone is 1. The van der Waals surface area contributed by atoms with Gasteiger partial charge in [-0.25, -0.2) is 19.9 Å². The van der Waals surface area contributed by atoms with Gasteiger partial charge in [-0.2, -0.15) is 0 Å². The number of thiophene rings is 2. The zero-order chi connectivity index (χ0) is 54.0. The van der Waals surface area contributed by atoms with Crippen LogP contribution in [-0.2, 0) is 21.0 Å². The van der Waals surface area contributed by atoms with Crippen LogP contribution in [0.2, 0.25) is 0 Å². The van der Waals surface area contributed by atoms with Gasteiger partial charge in [0.05, 0.1) is 60.6 Å². The van der Waals surface area contributed by atoms with E-state index in [0.717, 1.165) is 109 Å². The number of hydrogen-bond acceptors (Lipinski definition) is 15. The number of carbonyl (C=O) groups is 6. The topological polar surface area (TPSA) is 241 Å². The van der Waals surface area contributed by atoms with Crippen LogP contribution in [0.15, 0.2) is 133 Å². The third-order valence-corrected chi connectivity index (χ3v) is 17.0. The normalized spacial score (nSPS) is 20.1. The molecule has 12 rings (SSSR count). The number of oxazole rings is 2. The molecule has 0 radical (unpaired) electrons. The molecule has 6 aromatic heterocycles. The van der Waals surface area contributed by atoms with E-state index in [1.54, 1.807) is 36.7 Å². The van der Waals surface area contributed by atoms with E-state index in [1.165, 1.54) is 47.6 Å². The number of likely N-dealkylation sites (tertiary alicyclic amines) is 2. The summed E-state index contributed by atoms with van der Waals surface area (Å²) in [5.41, 5.74) is 4.60. The molecule has 2 saturated heterocycles. The molecule has 8 aromatic rings. The lowest BCUT2D eigenvalue weighted by atomic mass is 9.64. The molecular formula is C55H51ClN10O9S2. The minimum atomic E-state index is -0.509. The highest BCUT2D eigenvalue weighted by molar-refractivity contribution is 7.17. The molecule has 19 nitrogen and oxygen atoms in total. The SMILES string of the molecule is C=CC(=O)Cl.C=CC(=O)N1CCC2(CC(n3c(NC(=O)c4ccc(-c5cnco5)s4)nc4cc(C=O)ccc43)C2)C1.C=CC(=O)N1CCC2(CC(n3c(NC(=O)c4ccc(-c5cnco5)s4)nc4cc(CO)ccc43)C2)C1. The number of anilines is 2. The molecule has 0 unspecified atom stereocenters. The van der Waals surface area contributed by atoms with Crippen LogP contribution in [-0.4, -0.2) is 105 Å². The summed E-state index contributed by atoms with van der Waals surface area (Å²) >= 11 is 7.34. The lowest BCUT2D eigenvalue weighted by Gasteiger charge is -2.46. The van der Waals surface area contributed by atoms with E-state index in [4.69, 9.17) is 25.4 Å². The van der Waals surface area contributed by atoms with Crippen molar-refractivity contribution >= 4 is 103 Å². The summed E-state index contributed by atoms with van der Waals surface area (Å²) < 4.78 is 14.8. The smallest absolute Gasteiger partial charge is 0.268 e. The number of halogens is 1. The first kappa shape index (κ1) is 52.3. The highest BCUT2D eigenvalue weighted by Crippen LogP contribution is 2.56. The molecule has 0 bridgehead atoms. The number of nitrogens with zero attached hydrogens (tertiary/aromatic N) is 8. The molecule has 4 amide bonds. The highest BCUT2D eigenvalue weighted by Gasteiger charge is 2.52. The molecule has 2 spiro atoms. The molecule has 2 saturated carbocycles. The summed E-state index contributed by atoms with van der Waals surface area (Å²) in [5, 5.41) is 15.1. The fourth-order valence-electron chi connectivity index (χ4n) is 10.9. The predicted octanol–water partition coefficient (Wildman–Crippen LogP) is 9.73. The van der Waals surface area contributed by atoms with Gasteiger partial charge in [0.25, 0.3) is 11.8 Å². The van der Waals surface area contributed by atoms with Crippen molar-refractivity contribution in [1.82, 2.24) is 38.9 Å². The van der Waals surface area contributed by atoms with Crippen LogP contribution in [0.5, 0.6) is 0 Å². The molecule has 3 N–H and O–H groups in total. The predicted molar refractivity (Wildman–Crippen MR) is 292 cm³/mol. The van der Waals surface area contributed by atoms with Crippen molar-refractivity contribution in [1.29, 1.82) is 0 Å². The monoisotopic (exact) mass is 1090 g/mol. The lowest BCUT2D eigenvalue weighted by molar-refractivity contribution is -0.126. The fourth-order valence-corrected chi connectivity index (χ4v) is 12.7. The van der Waals surface area contributed by atoms with Crippen LogP contribution in [0.4, 0.5) is 11.9 Å². The first-order valence-electron chi connectivity index (χ1n) is 24.6. The van der Waals surface area contributed by atoms with Crippen molar-refractivity contribution in [3.05, 3.63) is 145 Å². The zero-order valence-corrected chi connectivity index (χ0v) is 43.8. The lowest BCUT2D eigenvalue weighted by Crippen LogP contribution is -2.42. The third-order valence-electron chi connectivity index (χ3n) is 14.7. The Labute approximate surface area is 453 Å². The second kappa shape index (κ2) is 21.9. The number of aldehydes is 1. The second-order valence-electron chi connectivity index (χ2n) is 19.5. The van der Waals surface area contributed by atoms with Crippen LogP contribution in [0.25, 0.3) is 43.3 Å². The Morgan fingerprint density at radius 1 is 0.688 bits per heavy atom. The van der Waals surface area contributed by atoms with E-state index in [-0.39, 0.29) is 53.1 Å². The summed E-state index contributed by atoms with van der Waals surface area (Å²) in [6.45, 7) is 13.2. The summed E-state index contributed by atoms with van der Waals surface area (Å²) in [6, 6.07) is 18.5. The number of carbonyl (C=O) groups excluding carboxylic acids is 6. The van der Waals surface area contributed by atoms with Gasteiger partial charge < -0.3 is 32.9 Å². The standard InChI is InChI=1S/C26H25N5O4S.C26H23N5O4S.C3H3ClO/c2*1-2-23(33)30-8-7-26(14-30)10-17(11-26)31-19-4-3-16(13-32)9-18(19)28-25(31)29-24(34)22-6-5-21(36-22)20-12-27-15-35-20;1-2-3(4)5/h2-6,9,12,15,17,32H,1,7-8,10-11,13-14H2,(H,28,29,34);2-6,9,12-13,15,17H,1,7-8,10-11,14H2,(H,28,29,34);2H,1H2. The summed E-state index contributed by atoms with van der Waals surface area (Å²) in [6.07, 6.45) is 16.0. The average molecular weight is 1100 g/mol. The molecule has 22 heteroatoms. The van der Waals surface area contributed by atoms with E-state index in [0.29, 0.717) is 44.3 Å². The summed E-state index contributed by atoms with van der Waals surface area (Å²) in [5.74, 6) is 1.59. The van der Waals surface area contributed by atoms with Gasteiger partial charge in [-0.3, -0.25) is 39.4 Å². The Bertz CT molecular complexity index is 3580. The maximum Gasteiger partial charge on any atom is 0.268 e. The first-order chi connectivity index (χ1) is 37.2. The van der Waals surface area contributed by atoms with Crippen molar-refractivity contribution in [3.63, 3.8) is 0 Å². The molecule has 4 aliphatic rings. The van der Waals surface area contributed by atoms with Gasteiger partial charge in [0.1, 0.15) is 6.29 Å². The fraction of sp³-hybridized carbons (Fsp3) is 0.273. The Morgan fingerprint density at radius 3 is 1.57 bits per heavy atom. The van der Waals surface area contributed by atoms with Gasteiger partial charge in [-0.15, -0.1) is 22.7 Å². The van der Waals surface area contributed by atoms with Gasteiger partial charge in [0.15, 0.2) is 24.3 Å². The number of rotatable bonds is 13. The summed E-state index contributed by atoms with van der Waals surface area (Å²) in [7, 11) is 0. The number of imidazole rings is 2. The number of aliphatic hydroxyl groups is 1. The number of aromatic nitrogens is 6. The van der Waals surface area contributed by atoms with Crippen LogP contribution in [0, 0.1) is 10.8 Å². The minimum absolute atomic E-state index is 0.0199. The number of hydrogen-bond donors (Lipinski definition) is 3. The quantitative estimate of drug-likeness (QED) is 0.0554. The number of nitrogens with one attached hydrogen (secondary N) is 2. The highest BCUT2D eigenvalue weighted by atomic mass is 35.5. The molecule has 2 aliphatic heterocycles. The van der Waals surface area contributed by atoms with Crippen LogP contribution < -0.4 is 10.6 Å². The number of benzene rings is 2. The first-order valence-corrected chi connectivity index (χ1v) is 26.6. The molecule has 394 valence electrons. The van der Waals surface area contributed by atoms with Gasteiger partial charge >= 0.3 is 0 Å². The van der Waals surface area contributed by atoms with E-state index in [1.807, 2.05) is 46.2 Å². The maximum absolute atomic E-state index is 13.2. The maximum atomic E-state index is 13.2. The second-order valence-corrected chi connectivity index (χ2v) is 22.0. The third kappa shape index (κ3) is 10.7. The molecule has 8 heterocycles. The van der Waals surface area contributed by atoms with Crippen molar-refractivity contribution < 1.29 is 42.7 Å². The van der Waals surface area contributed by atoms with E-state index in [2.05, 4.69) is 54.5 Å². The Balaban J connectivity index is 0.000000161. The zero-order valence-electron chi connectivity index (χ0n) is 41.4. The van der Waals surface area contributed by atoms with Gasteiger partial charge in [0, 0.05) is 43.8 Å². The van der Waals surface area contributed by atoms with Gasteiger partial charge in [-0.1, -0.05) is 25.8 Å². The minimum Gasteiger partial charge on any atom is -0.443 e. The largest absolute Gasteiger partial charge is 0.443 e. The van der Waals surface area contributed by atoms with Gasteiger partial charge in [-0.05, 0) is 139 Å². The molecular weight excluding hydrogens is 1040 g/mol. The van der Waals surface area contributed by atoms with Crippen LogP contribution in [0.3, 0.4) is 0 Å². The van der Waals surface area contributed by atoms with Crippen molar-refractivity contribution in [2.75, 3.05) is 36.8 Å². The van der Waals surface area contributed by atoms with Crippen molar-refractivity contribution in [3.8, 4) is 21.3 Å². The van der Waals surface area contributed by atoms with E-state index >= 15 is 0 Å². The molecule has 4 fully saturated rings. The molecule has 0 atom stereocenters. The molecule has 2 aromatic carbocycles. The summed E-state index contributed by atoms with van der Waals surface area (Å²) in [4.78, 5) is 95.0. The van der Waals surface area contributed by atoms with E-state index in [9.17, 15) is 33.9 Å². The molecule has 2 aliphatic carbocycles. The average Bonchev–Trinajstić information content (AvgIpc) is 4.40. The number of amides is 4. The van der Waals surface area contributed by atoms with Crippen LogP contribution >= 0.6 is 34.3 Å². The van der Waals surface area contributed by atoms with E-state index < -0.39 is 5.24 Å². The van der Waals surface area contributed by atoms with Crippen LogP contribution in [0.1, 0.15) is 85.9 Å². The van der Waals surface area contributed by atoms with Crippen molar-refractivity contribution in [2.24, 2.45) is 10.8 Å². The van der Waals surface area contributed by atoms with Crippen molar-refractivity contribution in [2.45, 2.75) is 57.2 Å². The number of aliphatic hydroxyl groups excluding tert-OH is 1.